The standard InChI is InChI=1S/C39H54N3O2S/c1-8-40-33-21-13-11-19-31(33)37(2,3)35(40)23-10-9-16-26-39-38(4,25-17-15-24-36(43)44-29-28-42(5,6)7)32-20-12-14-22-34(32)41(39)27-18-30-45-39/h9-14,16,19-23,26H,8,15,17-18,24-25,27-30H2,1-7H3/q+1/b10-9+,26-16+,35-23+. The molecule has 0 spiro atoms. The number of fused-ring (bicyclic) bond motifs is 4. The first kappa shape index (κ1) is 33.4. The highest BCUT2D eigenvalue weighted by molar-refractivity contribution is 8.01. The van der Waals surface area contributed by atoms with Crippen molar-refractivity contribution in [2.45, 2.75) is 75.5 Å². The molecule has 3 aliphatic rings. The van der Waals surface area contributed by atoms with Crippen LogP contribution in [-0.4, -0.2) is 68.5 Å². The van der Waals surface area contributed by atoms with Crippen molar-refractivity contribution in [1.82, 2.24) is 0 Å². The Labute approximate surface area is 276 Å². The lowest BCUT2D eigenvalue weighted by atomic mass is 9.73. The zero-order chi connectivity index (χ0) is 32.3. The number of esters is 1. The molecular weight excluding hydrogens is 575 g/mol. The number of likely N-dealkylation sites (N-methyl/N-ethyl adjacent to an activating group) is 2. The van der Waals surface area contributed by atoms with Gasteiger partial charge in [0.25, 0.3) is 0 Å². The summed E-state index contributed by atoms with van der Waals surface area (Å²) < 4.78 is 6.34. The van der Waals surface area contributed by atoms with Crippen molar-refractivity contribution in [2.24, 2.45) is 0 Å². The quantitative estimate of drug-likeness (QED) is 0.102. The molecule has 0 radical (unpaired) electrons. The highest BCUT2D eigenvalue weighted by atomic mass is 32.2. The lowest BCUT2D eigenvalue weighted by molar-refractivity contribution is -0.870. The lowest BCUT2D eigenvalue weighted by Crippen LogP contribution is -2.55. The third kappa shape index (κ3) is 6.51. The summed E-state index contributed by atoms with van der Waals surface area (Å²) in [5, 5.41) is 0. The van der Waals surface area contributed by atoms with Crippen LogP contribution in [-0.2, 0) is 20.4 Å². The molecule has 3 aliphatic heterocycles. The number of hydrogen-bond donors (Lipinski definition) is 0. The van der Waals surface area contributed by atoms with Crippen LogP contribution in [0.15, 0.2) is 84.6 Å². The molecular formula is C39H54N3O2S+. The summed E-state index contributed by atoms with van der Waals surface area (Å²) in [6.07, 6.45) is 16.0. The van der Waals surface area contributed by atoms with E-state index in [1.807, 2.05) is 0 Å². The van der Waals surface area contributed by atoms with Crippen LogP contribution in [0.1, 0.15) is 70.9 Å². The molecule has 6 heteroatoms. The number of rotatable bonds is 12. The highest BCUT2D eigenvalue weighted by Crippen LogP contribution is 2.61. The van der Waals surface area contributed by atoms with Crippen LogP contribution in [0, 0.1) is 0 Å². The van der Waals surface area contributed by atoms with Gasteiger partial charge in [-0.05, 0) is 67.4 Å². The summed E-state index contributed by atoms with van der Waals surface area (Å²) in [6, 6.07) is 17.8. The first-order chi connectivity index (χ1) is 21.4. The molecule has 0 bridgehead atoms. The molecule has 0 N–H and O–H groups in total. The minimum Gasteiger partial charge on any atom is -0.460 e. The van der Waals surface area contributed by atoms with Crippen LogP contribution in [0.2, 0.25) is 0 Å². The molecule has 0 amide bonds. The van der Waals surface area contributed by atoms with Crippen LogP contribution in [0.5, 0.6) is 0 Å². The number of thioether (sulfide) groups is 1. The Morgan fingerprint density at radius 3 is 2.40 bits per heavy atom. The molecule has 0 saturated carbocycles. The molecule has 2 aromatic rings. The van der Waals surface area contributed by atoms with Gasteiger partial charge in [-0.25, -0.2) is 0 Å². The maximum Gasteiger partial charge on any atom is 0.305 e. The molecule has 0 aliphatic carbocycles. The molecule has 3 heterocycles. The molecule has 242 valence electrons. The van der Waals surface area contributed by atoms with Crippen molar-refractivity contribution in [1.29, 1.82) is 0 Å². The van der Waals surface area contributed by atoms with E-state index < -0.39 is 0 Å². The van der Waals surface area contributed by atoms with Gasteiger partial charge in [-0.15, -0.1) is 11.8 Å². The van der Waals surface area contributed by atoms with E-state index in [2.05, 4.69) is 149 Å². The summed E-state index contributed by atoms with van der Waals surface area (Å²) in [5.74, 6) is 1.08. The van der Waals surface area contributed by atoms with Gasteiger partial charge in [0.1, 0.15) is 18.0 Å². The third-order valence-electron chi connectivity index (χ3n) is 10.1. The maximum absolute atomic E-state index is 12.5. The number of ether oxygens (including phenoxy) is 1. The number of allylic oxidation sites excluding steroid dienone is 5. The average Bonchev–Trinajstić information content (AvgIpc) is 3.36. The van der Waals surface area contributed by atoms with Gasteiger partial charge in [0, 0.05) is 47.4 Å². The van der Waals surface area contributed by atoms with Crippen LogP contribution >= 0.6 is 11.8 Å². The molecule has 0 aromatic heterocycles. The summed E-state index contributed by atoms with van der Waals surface area (Å²) in [6.45, 7) is 12.7. The maximum atomic E-state index is 12.5. The second kappa shape index (κ2) is 13.4. The number of carbonyl (C=O) groups excluding carboxylic acids is 1. The molecule has 1 saturated heterocycles. The van der Waals surface area contributed by atoms with Gasteiger partial charge in [0.05, 0.1) is 21.1 Å². The summed E-state index contributed by atoms with van der Waals surface area (Å²) in [5.41, 5.74) is 6.77. The molecule has 45 heavy (non-hydrogen) atoms. The predicted octanol–water partition coefficient (Wildman–Crippen LogP) is 8.22. The Kier molecular flexibility index (Phi) is 9.96. The minimum absolute atomic E-state index is 0.0285. The number of carbonyl (C=O) groups is 1. The van der Waals surface area contributed by atoms with Gasteiger partial charge >= 0.3 is 5.97 Å². The van der Waals surface area contributed by atoms with E-state index in [9.17, 15) is 4.79 Å². The largest absolute Gasteiger partial charge is 0.460 e. The fourth-order valence-corrected chi connectivity index (χ4v) is 9.22. The summed E-state index contributed by atoms with van der Waals surface area (Å²) in [7, 11) is 6.35. The molecule has 1 fully saturated rings. The third-order valence-corrected chi connectivity index (χ3v) is 11.8. The Morgan fingerprint density at radius 1 is 0.956 bits per heavy atom. The van der Waals surface area contributed by atoms with E-state index in [0.29, 0.717) is 13.0 Å². The molecule has 5 rings (SSSR count). The highest BCUT2D eigenvalue weighted by Gasteiger charge is 2.58. The van der Waals surface area contributed by atoms with E-state index in [-0.39, 0.29) is 21.7 Å². The first-order valence-electron chi connectivity index (χ1n) is 16.9. The summed E-state index contributed by atoms with van der Waals surface area (Å²) >= 11 is 2.09. The van der Waals surface area contributed by atoms with Gasteiger partial charge in [-0.3, -0.25) is 4.79 Å². The van der Waals surface area contributed by atoms with E-state index in [1.165, 1.54) is 34.6 Å². The smallest absolute Gasteiger partial charge is 0.305 e. The van der Waals surface area contributed by atoms with Crippen molar-refractivity contribution in [3.05, 3.63) is 95.7 Å². The zero-order valence-electron chi connectivity index (χ0n) is 28.6. The van der Waals surface area contributed by atoms with Crippen molar-refractivity contribution in [2.75, 3.05) is 62.9 Å². The number of para-hydroxylation sites is 2. The topological polar surface area (TPSA) is 32.8 Å². The number of hydrogen-bond acceptors (Lipinski definition) is 5. The molecule has 2 atom stereocenters. The van der Waals surface area contributed by atoms with Gasteiger partial charge in [-0.1, -0.05) is 81.8 Å². The van der Waals surface area contributed by atoms with Crippen LogP contribution in [0.3, 0.4) is 0 Å². The second-order valence-corrected chi connectivity index (χ2v) is 15.8. The number of unbranched alkanes of at least 4 members (excludes halogenated alkanes) is 1. The fraction of sp³-hybridized carbons (Fsp3) is 0.513. The predicted molar refractivity (Wildman–Crippen MR) is 192 cm³/mol. The van der Waals surface area contributed by atoms with Crippen LogP contribution in [0.25, 0.3) is 0 Å². The average molecular weight is 629 g/mol. The van der Waals surface area contributed by atoms with E-state index in [4.69, 9.17) is 4.74 Å². The van der Waals surface area contributed by atoms with Crippen molar-refractivity contribution < 1.29 is 14.0 Å². The van der Waals surface area contributed by atoms with Crippen molar-refractivity contribution in [3.8, 4) is 0 Å². The van der Waals surface area contributed by atoms with Crippen molar-refractivity contribution in [3.63, 3.8) is 0 Å². The Bertz CT molecular complexity index is 1450. The Balaban J connectivity index is 1.33. The van der Waals surface area contributed by atoms with Crippen LogP contribution < -0.4 is 9.80 Å². The fourth-order valence-electron chi connectivity index (χ4n) is 7.59. The Hall–Kier alpha value is -2.96. The SMILES string of the molecule is CCN1/C(=C/C=C/C=C/C23SCCCN2c2ccccc2C3(C)CCCCC(=O)OCC[N+](C)(C)C)C(C)(C)c2ccccc21. The number of anilines is 2. The zero-order valence-corrected chi connectivity index (χ0v) is 29.5. The van der Waals surface area contributed by atoms with Crippen molar-refractivity contribution >= 4 is 29.1 Å². The van der Waals surface area contributed by atoms with E-state index in [1.54, 1.807) is 0 Å². The minimum atomic E-state index is -0.157. The molecule has 5 nitrogen and oxygen atoms in total. The second-order valence-electron chi connectivity index (χ2n) is 14.5. The lowest BCUT2D eigenvalue weighted by Gasteiger charge is -2.50. The molecule has 2 unspecified atom stereocenters. The first-order valence-corrected chi connectivity index (χ1v) is 17.8. The normalized spacial score (nSPS) is 24.8. The van der Waals surface area contributed by atoms with E-state index >= 15 is 0 Å². The van der Waals surface area contributed by atoms with Crippen LogP contribution in [0.4, 0.5) is 11.4 Å². The number of benzene rings is 2. The monoisotopic (exact) mass is 628 g/mol. The van der Waals surface area contributed by atoms with Gasteiger partial charge in [-0.2, -0.15) is 0 Å². The molecule has 2 aromatic carbocycles. The van der Waals surface area contributed by atoms with Gasteiger partial charge < -0.3 is 19.0 Å². The summed E-state index contributed by atoms with van der Waals surface area (Å²) in [4.78, 5) is 17.4. The van der Waals surface area contributed by atoms with E-state index in [0.717, 1.165) is 49.1 Å². The van der Waals surface area contributed by atoms with Gasteiger partial charge in [0.2, 0.25) is 0 Å². The number of nitrogens with zero attached hydrogens (tertiary/aromatic N) is 3. The number of quaternary nitrogens is 1. The van der Waals surface area contributed by atoms with Gasteiger partial charge in [0.15, 0.2) is 0 Å². The Morgan fingerprint density at radius 2 is 1.67 bits per heavy atom.